The number of carbonyl (C=O) groups excluding carboxylic acids is 1. The van der Waals surface area contributed by atoms with Crippen molar-refractivity contribution in [2.24, 2.45) is 0 Å². The summed E-state index contributed by atoms with van der Waals surface area (Å²) >= 11 is 1.55. The standard InChI is InChI=1S/C22H18N2O3S/c25-21(20-17(11-12-26-20)14-27-19-9-5-2-6-10-19)23-13-18-15-28-22(24-18)16-7-3-1-4-8-16/h1-12,15H,13-14H2,(H,23,25). The summed E-state index contributed by atoms with van der Waals surface area (Å²) in [4.78, 5) is 17.1. The fourth-order valence-electron chi connectivity index (χ4n) is 2.68. The molecular formula is C22H18N2O3S. The van der Waals surface area contributed by atoms with Gasteiger partial charge in [0.1, 0.15) is 17.4 Å². The van der Waals surface area contributed by atoms with E-state index in [-0.39, 0.29) is 18.3 Å². The molecule has 0 saturated heterocycles. The predicted octanol–water partition coefficient (Wildman–Crippen LogP) is 4.91. The Bertz CT molecular complexity index is 1040. The average Bonchev–Trinajstić information content (AvgIpc) is 3.41. The Kier molecular flexibility index (Phi) is 5.49. The highest BCUT2D eigenvalue weighted by Crippen LogP contribution is 2.23. The lowest BCUT2D eigenvalue weighted by atomic mass is 10.2. The van der Waals surface area contributed by atoms with Crippen LogP contribution in [0.2, 0.25) is 0 Å². The van der Waals surface area contributed by atoms with E-state index in [1.54, 1.807) is 17.4 Å². The highest BCUT2D eigenvalue weighted by atomic mass is 32.1. The first-order chi connectivity index (χ1) is 13.8. The second kappa shape index (κ2) is 8.54. The number of hydrogen-bond donors (Lipinski definition) is 1. The molecule has 1 amide bonds. The maximum absolute atomic E-state index is 12.5. The van der Waals surface area contributed by atoms with Crippen LogP contribution in [0.1, 0.15) is 21.8 Å². The summed E-state index contributed by atoms with van der Waals surface area (Å²) in [5.41, 5.74) is 2.58. The van der Waals surface area contributed by atoms with Crippen LogP contribution in [0, 0.1) is 0 Å². The van der Waals surface area contributed by atoms with E-state index >= 15 is 0 Å². The third kappa shape index (κ3) is 4.29. The van der Waals surface area contributed by atoms with Gasteiger partial charge >= 0.3 is 0 Å². The van der Waals surface area contributed by atoms with Crippen LogP contribution in [0.15, 0.2) is 82.8 Å². The second-order valence-corrected chi connectivity index (χ2v) is 6.93. The van der Waals surface area contributed by atoms with Crippen LogP contribution < -0.4 is 10.1 Å². The minimum Gasteiger partial charge on any atom is -0.489 e. The van der Waals surface area contributed by atoms with Crippen molar-refractivity contribution in [1.82, 2.24) is 10.3 Å². The Balaban J connectivity index is 1.36. The van der Waals surface area contributed by atoms with Crippen molar-refractivity contribution in [3.8, 4) is 16.3 Å². The number of carbonyl (C=O) groups is 1. The van der Waals surface area contributed by atoms with Gasteiger partial charge in [-0.3, -0.25) is 4.79 Å². The molecule has 2 aromatic carbocycles. The van der Waals surface area contributed by atoms with Gasteiger partial charge in [-0.2, -0.15) is 0 Å². The molecule has 5 nitrogen and oxygen atoms in total. The molecule has 0 aliphatic heterocycles. The first kappa shape index (κ1) is 18.0. The van der Waals surface area contributed by atoms with E-state index in [1.165, 1.54) is 6.26 Å². The molecule has 28 heavy (non-hydrogen) atoms. The van der Waals surface area contributed by atoms with E-state index in [9.17, 15) is 4.79 Å². The molecule has 0 radical (unpaired) electrons. The first-order valence-electron chi connectivity index (χ1n) is 8.82. The van der Waals surface area contributed by atoms with Gasteiger partial charge in [0.2, 0.25) is 0 Å². The first-order valence-corrected chi connectivity index (χ1v) is 9.70. The van der Waals surface area contributed by atoms with Crippen molar-refractivity contribution in [1.29, 1.82) is 0 Å². The zero-order chi connectivity index (χ0) is 19.2. The monoisotopic (exact) mass is 390 g/mol. The molecule has 2 aromatic heterocycles. The van der Waals surface area contributed by atoms with E-state index in [2.05, 4.69) is 10.3 Å². The minimum absolute atomic E-state index is 0.259. The van der Waals surface area contributed by atoms with Crippen molar-refractivity contribution in [2.45, 2.75) is 13.2 Å². The van der Waals surface area contributed by atoms with E-state index in [0.717, 1.165) is 22.0 Å². The third-order valence-electron chi connectivity index (χ3n) is 4.09. The Morgan fingerprint density at radius 1 is 1.04 bits per heavy atom. The molecule has 0 atom stereocenters. The minimum atomic E-state index is -0.286. The normalized spacial score (nSPS) is 10.6. The molecule has 0 spiro atoms. The van der Waals surface area contributed by atoms with Gasteiger partial charge in [-0.1, -0.05) is 48.5 Å². The van der Waals surface area contributed by atoms with E-state index < -0.39 is 0 Å². The molecule has 0 bridgehead atoms. The third-order valence-corrected chi connectivity index (χ3v) is 5.03. The molecular weight excluding hydrogens is 372 g/mol. The van der Waals surface area contributed by atoms with Crippen LogP contribution in [0.5, 0.6) is 5.75 Å². The molecule has 0 fully saturated rings. The van der Waals surface area contributed by atoms with Crippen LogP contribution in [0.3, 0.4) is 0 Å². The summed E-state index contributed by atoms with van der Waals surface area (Å²) in [6.07, 6.45) is 1.49. The largest absolute Gasteiger partial charge is 0.489 e. The zero-order valence-corrected chi connectivity index (χ0v) is 15.8. The molecule has 1 N–H and O–H groups in total. The zero-order valence-electron chi connectivity index (χ0n) is 15.0. The maximum Gasteiger partial charge on any atom is 0.287 e. The predicted molar refractivity (Wildman–Crippen MR) is 108 cm³/mol. The van der Waals surface area contributed by atoms with Gasteiger partial charge in [-0.15, -0.1) is 11.3 Å². The molecule has 0 unspecified atom stereocenters. The Morgan fingerprint density at radius 3 is 2.57 bits per heavy atom. The van der Waals surface area contributed by atoms with Gasteiger partial charge in [-0.05, 0) is 18.2 Å². The molecule has 0 aliphatic rings. The average molecular weight is 390 g/mol. The lowest BCUT2D eigenvalue weighted by molar-refractivity contribution is 0.0919. The number of hydrogen-bond acceptors (Lipinski definition) is 5. The number of benzene rings is 2. The Hall–Kier alpha value is -3.38. The van der Waals surface area contributed by atoms with Gasteiger partial charge in [0, 0.05) is 16.5 Å². The number of para-hydroxylation sites is 1. The van der Waals surface area contributed by atoms with Crippen LogP contribution in [0.4, 0.5) is 0 Å². The summed E-state index contributed by atoms with van der Waals surface area (Å²) in [6.45, 7) is 0.597. The number of ether oxygens (including phenoxy) is 1. The smallest absolute Gasteiger partial charge is 0.287 e. The number of aromatic nitrogens is 1. The SMILES string of the molecule is O=C(NCc1csc(-c2ccccc2)n1)c1occc1COc1ccccc1. The fraction of sp³-hybridized carbons (Fsp3) is 0.0909. The van der Waals surface area contributed by atoms with Gasteiger partial charge in [0.15, 0.2) is 5.76 Å². The number of furan rings is 1. The highest BCUT2D eigenvalue weighted by molar-refractivity contribution is 7.13. The van der Waals surface area contributed by atoms with Crippen LogP contribution in [-0.4, -0.2) is 10.9 Å². The van der Waals surface area contributed by atoms with Crippen molar-refractivity contribution < 1.29 is 13.9 Å². The summed E-state index contributed by atoms with van der Waals surface area (Å²) in [5.74, 6) is 0.714. The second-order valence-electron chi connectivity index (χ2n) is 6.07. The lowest BCUT2D eigenvalue weighted by Crippen LogP contribution is -2.23. The molecule has 4 aromatic rings. The number of amides is 1. The maximum atomic E-state index is 12.5. The number of nitrogens with one attached hydrogen (secondary N) is 1. The van der Waals surface area contributed by atoms with Crippen LogP contribution >= 0.6 is 11.3 Å². The van der Waals surface area contributed by atoms with Crippen molar-refractivity contribution >= 4 is 17.2 Å². The molecule has 2 heterocycles. The molecule has 0 aliphatic carbocycles. The Morgan fingerprint density at radius 2 is 1.79 bits per heavy atom. The van der Waals surface area contributed by atoms with Crippen LogP contribution in [0.25, 0.3) is 10.6 Å². The summed E-state index contributed by atoms with van der Waals surface area (Å²) in [6, 6.07) is 21.2. The summed E-state index contributed by atoms with van der Waals surface area (Å²) in [7, 11) is 0. The number of rotatable bonds is 7. The van der Waals surface area contributed by atoms with E-state index in [0.29, 0.717) is 12.1 Å². The van der Waals surface area contributed by atoms with Gasteiger partial charge < -0.3 is 14.5 Å². The Labute approximate surface area is 166 Å². The van der Waals surface area contributed by atoms with Gasteiger partial charge in [0.25, 0.3) is 5.91 Å². The number of thiazole rings is 1. The van der Waals surface area contributed by atoms with E-state index in [4.69, 9.17) is 9.15 Å². The topological polar surface area (TPSA) is 64.4 Å². The summed E-state index contributed by atoms with van der Waals surface area (Å²) < 4.78 is 11.1. The lowest BCUT2D eigenvalue weighted by Gasteiger charge is -2.06. The van der Waals surface area contributed by atoms with Crippen LogP contribution in [-0.2, 0) is 13.2 Å². The fourth-order valence-corrected chi connectivity index (χ4v) is 3.50. The van der Waals surface area contributed by atoms with Gasteiger partial charge in [0.05, 0.1) is 18.5 Å². The van der Waals surface area contributed by atoms with Crippen molar-refractivity contribution in [3.05, 3.63) is 95.4 Å². The van der Waals surface area contributed by atoms with Gasteiger partial charge in [-0.25, -0.2) is 4.98 Å². The van der Waals surface area contributed by atoms with E-state index in [1.807, 2.05) is 66.0 Å². The molecule has 0 saturated carbocycles. The molecule has 6 heteroatoms. The quantitative estimate of drug-likeness (QED) is 0.487. The molecule has 4 rings (SSSR count). The number of nitrogens with zero attached hydrogens (tertiary/aromatic N) is 1. The highest BCUT2D eigenvalue weighted by Gasteiger charge is 2.16. The summed E-state index contributed by atoms with van der Waals surface area (Å²) in [5, 5.41) is 5.74. The van der Waals surface area contributed by atoms with Crippen molar-refractivity contribution in [3.63, 3.8) is 0 Å². The molecule has 140 valence electrons. The van der Waals surface area contributed by atoms with Crippen molar-refractivity contribution in [2.75, 3.05) is 0 Å².